The number of rotatable bonds is 8. The van der Waals surface area contributed by atoms with Crippen molar-refractivity contribution < 1.29 is 17.9 Å². The van der Waals surface area contributed by atoms with Gasteiger partial charge < -0.3 is 9.47 Å². The first-order valence-corrected chi connectivity index (χ1v) is 11.0. The second-order valence-corrected chi connectivity index (χ2v) is 8.55. The van der Waals surface area contributed by atoms with Gasteiger partial charge in [0.25, 0.3) is 0 Å². The highest BCUT2D eigenvalue weighted by Gasteiger charge is 2.12. The summed E-state index contributed by atoms with van der Waals surface area (Å²) in [7, 11) is -3.57. The van der Waals surface area contributed by atoms with Crippen LogP contribution in [0.4, 0.5) is 0 Å². The molecule has 2 aromatic rings. The Kier molecular flexibility index (Phi) is 7.44. The minimum Gasteiger partial charge on any atom is -0.494 e. The van der Waals surface area contributed by atoms with Crippen molar-refractivity contribution >= 4 is 27.5 Å². The standard InChI is InChI=1S/C20H23ClN2O4S/c21-20-17(3-1-9-22-20)8-16-28(24,25)19-6-4-18(5-7-19)27-13-2-10-23-11-14-26-15-12-23/h1,3-9,16H,2,10-15H2. The molecule has 0 spiro atoms. The van der Waals surface area contributed by atoms with E-state index in [9.17, 15) is 8.42 Å². The normalized spacial score (nSPS) is 15.8. The van der Waals surface area contributed by atoms with Crippen LogP contribution < -0.4 is 4.74 Å². The van der Waals surface area contributed by atoms with E-state index in [1.54, 1.807) is 42.6 Å². The topological polar surface area (TPSA) is 68.7 Å². The van der Waals surface area contributed by atoms with Gasteiger partial charge in [0.05, 0.1) is 24.7 Å². The summed E-state index contributed by atoms with van der Waals surface area (Å²) in [6.07, 6.45) is 3.91. The predicted molar refractivity (Wildman–Crippen MR) is 109 cm³/mol. The number of aromatic nitrogens is 1. The van der Waals surface area contributed by atoms with E-state index in [2.05, 4.69) is 9.88 Å². The molecule has 2 heterocycles. The van der Waals surface area contributed by atoms with E-state index in [0.717, 1.165) is 44.7 Å². The SMILES string of the molecule is O=S(=O)(C=Cc1cccnc1Cl)c1ccc(OCCCN2CCOCC2)cc1. The van der Waals surface area contributed by atoms with Crippen molar-refractivity contribution in [1.82, 2.24) is 9.88 Å². The predicted octanol–water partition coefficient (Wildman–Crippen LogP) is 3.28. The molecule has 0 amide bonds. The lowest BCUT2D eigenvalue weighted by Gasteiger charge is -2.26. The first-order valence-electron chi connectivity index (χ1n) is 9.11. The zero-order chi connectivity index (χ0) is 19.8. The van der Waals surface area contributed by atoms with Crippen LogP contribution in [0.5, 0.6) is 5.75 Å². The highest BCUT2D eigenvalue weighted by molar-refractivity contribution is 7.94. The molecule has 0 N–H and O–H groups in total. The van der Waals surface area contributed by atoms with Gasteiger partial charge in [0.1, 0.15) is 10.9 Å². The molecule has 0 radical (unpaired) electrons. The molecular weight excluding hydrogens is 400 g/mol. The van der Waals surface area contributed by atoms with Gasteiger partial charge in [-0.2, -0.15) is 0 Å². The van der Waals surface area contributed by atoms with Crippen molar-refractivity contribution in [2.24, 2.45) is 0 Å². The molecule has 150 valence electrons. The Hall–Kier alpha value is -1.93. The third-order valence-electron chi connectivity index (χ3n) is 4.36. The highest BCUT2D eigenvalue weighted by Crippen LogP contribution is 2.20. The lowest BCUT2D eigenvalue weighted by atomic mass is 10.3. The molecule has 6 nitrogen and oxygen atoms in total. The Bertz CT molecular complexity index is 895. The van der Waals surface area contributed by atoms with Crippen molar-refractivity contribution in [3.8, 4) is 5.75 Å². The van der Waals surface area contributed by atoms with Gasteiger partial charge in [0.2, 0.25) is 0 Å². The number of sulfone groups is 1. The lowest BCUT2D eigenvalue weighted by Crippen LogP contribution is -2.37. The smallest absolute Gasteiger partial charge is 0.199 e. The number of nitrogens with zero attached hydrogens (tertiary/aromatic N) is 2. The average Bonchev–Trinajstić information content (AvgIpc) is 2.72. The van der Waals surface area contributed by atoms with Gasteiger partial charge in [0, 0.05) is 36.8 Å². The van der Waals surface area contributed by atoms with Crippen LogP contribution in [0.3, 0.4) is 0 Å². The lowest BCUT2D eigenvalue weighted by molar-refractivity contribution is 0.0358. The maximum atomic E-state index is 12.5. The van der Waals surface area contributed by atoms with Gasteiger partial charge in [-0.15, -0.1) is 0 Å². The average molecular weight is 423 g/mol. The fraction of sp³-hybridized carbons (Fsp3) is 0.350. The summed E-state index contributed by atoms with van der Waals surface area (Å²) < 4.78 is 36.0. The molecular formula is C20H23ClN2O4S. The third kappa shape index (κ3) is 6.04. The molecule has 1 aliphatic rings. The maximum Gasteiger partial charge on any atom is 0.199 e. The van der Waals surface area contributed by atoms with Crippen LogP contribution in [-0.2, 0) is 14.6 Å². The molecule has 3 rings (SSSR count). The summed E-state index contributed by atoms with van der Waals surface area (Å²) in [6, 6.07) is 9.83. The van der Waals surface area contributed by atoms with E-state index >= 15 is 0 Å². The second kappa shape index (κ2) is 10.0. The molecule has 0 unspecified atom stereocenters. The first kappa shape index (κ1) is 20.8. The Labute approximate surface area is 170 Å². The summed E-state index contributed by atoms with van der Waals surface area (Å²) in [4.78, 5) is 6.47. The van der Waals surface area contributed by atoms with Gasteiger partial charge in [-0.25, -0.2) is 13.4 Å². The number of ether oxygens (including phenoxy) is 2. The fourth-order valence-electron chi connectivity index (χ4n) is 2.79. The van der Waals surface area contributed by atoms with Crippen LogP contribution in [0.15, 0.2) is 52.9 Å². The molecule has 0 atom stereocenters. The van der Waals surface area contributed by atoms with Gasteiger partial charge in [-0.3, -0.25) is 4.90 Å². The van der Waals surface area contributed by atoms with Gasteiger partial charge >= 0.3 is 0 Å². The summed E-state index contributed by atoms with van der Waals surface area (Å²) >= 11 is 5.95. The van der Waals surface area contributed by atoms with Gasteiger partial charge in [-0.05, 0) is 42.8 Å². The second-order valence-electron chi connectivity index (χ2n) is 6.36. The van der Waals surface area contributed by atoms with Crippen molar-refractivity contribution in [2.75, 3.05) is 39.5 Å². The largest absolute Gasteiger partial charge is 0.494 e. The fourth-order valence-corrected chi connectivity index (χ4v) is 3.97. The van der Waals surface area contributed by atoms with E-state index in [-0.39, 0.29) is 10.0 Å². The minimum absolute atomic E-state index is 0.199. The van der Waals surface area contributed by atoms with Gasteiger partial charge in [0.15, 0.2) is 9.84 Å². The van der Waals surface area contributed by atoms with Crippen molar-refractivity contribution in [3.05, 3.63) is 58.7 Å². The highest BCUT2D eigenvalue weighted by atomic mass is 35.5. The summed E-state index contributed by atoms with van der Waals surface area (Å²) in [6.45, 7) is 5.06. The Morgan fingerprint density at radius 1 is 1.18 bits per heavy atom. The van der Waals surface area contributed by atoms with E-state index in [4.69, 9.17) is 21.1 Å². The van der Waals surface area contributed by atoms with Crippen LogP contribution in [0.1, 0.15) is 12.0 Å². The Morgan fingerprint density at radius 3 is 2.64 bits per heavy atom. The van der Waals surface area contributed by atoms with Crippen molar-refractivity contribution in [1.29, 1.82) is 0 Å². The molecule has 1 aromatic heterocycles. The summed E-state index contributed by atoms with van der Waals surface area (Å²) in [5, 5.41) is 1.39. The van der Waals surface area contributed by atoms with Crippen molar-refractivity contribution in [3.63, 3.8) is 0 Å². The summed E-state index contributed by atoms with van der Waals surface area (Å²) in [5.41, 5.74) is 0.549. The number of pyridine rings is 1. The monoisotopic (exact) mass is 422 g/mol. The molecule has 28 heavy (non-hydrogen) atoms. The van der Waals surface area contributed by atoms with E-state index in [1.807, 2.05) is 0 Å². The van der Waals surface area contributed by atoms with Crippen molar-refractivity contribution in [2.45, 2.75) is 11.3 Å². The zero-order valence-electron chi connectivity index (χ0n) is 15.5. The molecule has 8 heteroatoms. The van der Waals surface area contributed by atoms with E-state index < -0.39 is 9.84 Å². The number of morpholine rings is 1. The molecule has 1 aliphatic heterocycles. The first-order chi connectivity index (χ1) is 13.5. The molecule has 1 saturated heterocycles. The van der Waals surface area contributed by atoms with Crippen LogP contribution in [0.25, 0.3) is 6.08 Å². The van der Waals surface area contributed by atoms with Crippen LogP contribution in [0, 0.1) is 0 Å². The minimum atomic E-state index is -3.57. The molecule has 0 aliphatic carbocycles. The molecule has 1 fully saturated rings. The maximum absolute atomic E-state index is 12.5. The van der Waals surface area contributed by atoms with E-state index in [1.165, 1.54) is 6.08 Å². The third-order valence-corrected chi connectivity index (χ3v) is 6.10. The van der Waals surface area contributed by atoms with Gasteiger partial charge in [-0.1, -0.05) is 17.7 Å². The van der Waals surface area contributed by atoms with Crippen LogP contribution >= 0.6 is 11.6 Å². The number of benzene rings is 1. The van der Waals surface area contributed by atoms with Crippen LogP contribution in [-0.4, -0.2) is 57.8 Å². The zero-order valence-corrected chi connectivity index (χ0v) is 17.0. The Balaban J connectivity index is 1.52. The van der Waals surface area contributed by atoms with E-state index in [0.29, 0.717) is 17.9 Å². The molecule has 0 bridgehead atoms. The number of hydrogen-bond donors (Lipinski definition) is 0. The number of halogens is 1. The molecule has 0 saturated carbocycles. The number of hydrogen-bond acceptors (Lipinski definition) is 6. The molecule has 1 aromatic carbocycles. The van der Waals surface area contributed by atoms with Crippen LogP contribution in [0.2, 0.25) is 5.15 Å². The quantitative estimate of drug-likeness (QED) is 0.480. The summed E-state index contributed by atoms with van der Waals surface area (Å²) in [5.74, 6) is 0.653. The Morgan fingerprint density at radius 2 is 1.93 bits per heavy atom.